The first-order valence-corrected chi connectivity index (χ1v) is 9.62. The number of hydrogen-bond acceptors (Lipinski definition) is 5. The number of methoxy groups -OCH3 is 1. The van der Waals surface area contributed by atoms with Gasteiger partial charge in [0, 0.05) is 19.2 Å². The van der Waals surface area contributed by atoms with Gasteiger partial charge in [-0.2, -0.15) is 0 Å². The zero-order chi connectivity index (χ0) is 21.0. The van der Waals surface area contributed by atoms with Crippen molar-refractivity contribution in [1.29, 1.82) is 0 Å². The van der Waals surface area contributed by atoms with Gasteiger partial charge in [0.1, 0.15) is 11.5 Å². The van der Waals surface area contributed by atoms with E-state index >= 15 is 0 Å². The van der Waals surface area contributed by atoms with Crippen LogP contribution in [0.5, 0.6) is 5.75 Å². The number of carbonyl (C=O) groups is 2. The minimum absolute atomic E-state index is 0.0255. The first-order chi connectivity index (χ1) is 14.0. The quantitative estimate of drug-likeness (QED) is 0.423. The van der Waals surface area contributed by atoms with Gasteiger partial charge >= 0.3 is 0 Å². The molecule has 0 spiro atoms. The number of rotatable bonds is 7. The fraction of sp³-hybridized carbons (Fsp3) is 0.273. The lowest BCUT2D eigenvalue weighted by Crippen LogP contribution is -2.32. The molecule has 1 unspecified atom stereocenters. The Morgan fingerprint density at radius 2 is 1.90 bits per heavy atom. The highest BCUT2D eigenvalue weighted by molar-refractivity contribution is 6.46. The molecule has 1 aliphatic rings. The second kappa shape index (κ2) is 9.11. The van der Waals surface area contributed by atoms with E-state index in [2.05, 4.69) is 0 Å². The lowest BCUT2D eigenvalue weighted by Gasteiger charge is -2.25. The number of ether oxygens (including phenoxy) is 2. The molecule has 2 aromatic rings. The molecule has 1 saturated heterocycles. The number of hydrogen-bond donors (Lipinski definition) is 1. The summed E-state index contributed by atoms with van der Waals surface area (Å²) in [6, 6.07) is 13.2. The van der Waals surface area contributed by atoms with Gasteiger partial charge in [-0.1, -0.05) is 41.9 Å². The SMILES string of the molecule is CCOc1ccc(C(O)=C2C(=O)C(=O)N(CCOC)C2c2ccccc2)cc1Cl. The van der Waals surface area contributed by atoms with Crippen LogP contribution in [0.1, 0.15) is 24.1 Å². The van der Waals surface area contributed by atoms with Crippen LogP contribution in [0.4, 0.5) is 0 Å². The Hall–Kier alpha value is -2.83. The first-order valence-electron chi connectivity index (χ1n) is 9.24. The third-order valence-electron chi connectivity index (χ3n) is 4.70. The maximum Gasteiger partial charge on any atom is 0.295 e. The lowest BCUT2D eigenvalue weighted by atomic mass is 9.95. The molecule has 2 aromatic carbocycles. The Balaban J connectivity index is 2.12. The predicted molar refractivity (Wildman–Crippen MR) is 110 cm³/mol. The fourth-order valence-electron chi connectivity index (χ4n) is 3.36. The fourth-order valence-corrected chi connectivity index (χ4v) is 3.59. The molecule has 0 saturated carbocycles. The zero-order valence-corrected chi connectivity index (χ0v) is 17.0. The average molecular weight is 416 g/mol. The van der Waals surface area contributed by atoms with Crippen molar-refractivity contribution in [2.75, 3.05) is 26.9 Å². The summed E-state index contributed by atoms with van der Waals surface area (Å²) in [6.07, 6.45) is 0. The van der Waals surface area contributed by atoms with Crippen LogP contribution >= 0.6 is 11.6 Å². The Labute approximate surface area is 174 Å². The van der Waals surface area contributed by atoms with Crippen LogP contribution < -0.4 is 4.74 Å². The van der Waals surface area contributed by atoms with E-state index < -0.39 is 17.7 Å². The van der Waals surface area contributed by atoms with Crippen molar-refractivity contribution >= 4 is 29.1 Å². The van der Waals surface area contributed by atoms with Crippen LogP contribution in [0.15, 0.2) is 54.1 Å². The van der Waals surface area contributed by atoms with Crippen molar-refractivity contribution in [2.24, 2.45) is 0 Å². The number of nitrogens with zero attached hydrogens (tertiary/aromatic N) is 1. The minimum atomic E-state index is -0.738. The van der Waals surface area contributed by atoms with Crippen molar-refractivity contribution in [1.82, 2.24) is 4.90 Å². The zero-order valence-electron chi connectivity index (χ0n) is 16.2. The van der Waals surface area contributed by atoms with Crippen LogP contribution in [0.3, 0.4) is 0 Å². The summed E-state index contributed by atoms with van der Waals surface area (Å²) < 4.78 is 10.5. The van der Waals surface area contributed by atoms with Gasteiger partial charge in [-0.15, -0.1) is 0 Å². The van der Waals surface area contributed by atoms with E-state index in [0.29, 0.717) is 22.9 Å². The Morgan fingerprint density at radius 1 is 1.17 bits per heavy atom. The molecule has 29 heavy (non-hydrogen) atoms. The Bertz CT molecular complexity index is 941. The first kappa shape index (κ1) is 20.9. The van der Waals surface area contributed by atoms with E-state index in [9.17, 15) is 14.7 Å². The molecule has 0 radical (unpaired) electrons. The van der Waals surface area contributed by atoms with Gasteiger partial charge in [0.2, 0.25) is 0 Å². The summed E-state index contributed by atoms with van der Waals surface area (Å²) in [5.41, 5.74) is 1.09. The van der Waals surface area contributed by atoms with Crippen LogP contribution in [-0.2, 0) is 14.3 Å². The molecule has 7 heteroatoms. The molecular formula is C22H22ClNO5. The van der Waals surface area contributed by atoms with Crippen LogP contribution in [0.2, 0.25) is 5.02 Å². The van der Waals surface area contributed by atoms with E-state index in [-0.39, 0.29) is 24.5 Å². The number of aliphatic hydroxyl groups is 1. The summed E-state index contributed by atoms with van der Waals surface area (Å²) in [5.74, 6) is -1.21. The van der Waals surface area contributed by atoms with Crippen LogP contribution in [-0.4, -0.2) is 48.6 Å². The van der Waals surface area contributed by atoms with Crippen molar-refractivity contribution in [3.05, 3.63) is 70.3 Å². The number of amides is 1. The molecule has 1 fully saturated rings. The van der Waals surface area contributed by atoms with Gasteiger partial charge in [-0.25, -0.2) is 0 Å². The van der Waals surface area contributed by atoms with Crippen LogP contribution in [0, 0.1) is 0 Å². The van der Waals surface area contributed by atoms with E-state index in [4.69, 9.17) is 21.1 Å². The minimum Gasteiger partial charge on any atom is -0.507 e. The number of aliphatic hydroxyl groups excluding tert-OH is 1. The molecule has 6 nitrogen and oxygen atoms in total. The van der Waals surface area contributed by atoms with Gasteiger partial charge in [-0.3, -0.25) is 9.59 Å². The normalized spacial score (nSPS) is 18.3. The monoisotopic (exact) mass is 415 g/mol. The molecule has 1 heterocycles. The van der Waals surface area contributed by atoms with E-state index in [1.54, 1.807) is 12.1 Å². The second-order valence-electron chi connectivity index (χ2n) is 6.47. The smallest absolute Gasteiger partial charge is 0.295 e. The average Bonchev–Trinajstić information content (AvgIpc) is 2.98. The van der Waals surface area contributed by atoms with E-state index in [0.717, 1.165) is 5.56 Å². The highest BCUT2D eigenvalue weighted by Crippen LogP contribution is 2.40. The summed E-state index contributed by atoms with van der Waals surface area (Å²) in [5, 5.41) is 11.3. The lowest BCUT2D eigenvalue weighted by molar-refractivity contribution is -0.140. The predicted octanol–water partition coefficient (Wildman–Crippen LogP) is 3.81. The molecule has 0 bridgehead atoms. The van der Waals surface area contributed by atoms with Gasteiger partial charge in [-0.05, 0) is 30.7 Å². The molecule has 1 aliphatic heterocycles. The Morgan fingerprint density at radius 3 is 2.52 bits per heavy atom. The molecule has 0 aliphatic carbocycles. The summed E-state index contributed by atoms with van der Waals surface area (Å²) in [7, 11) is 1.52. The maximum absolute atomic E-state index is 12.8. The number of ketones is 1. The standard InChI is InChI=1S/C22H22ClNO5/c1-3-29-17-10-9-15(13-16(17)23)20(25)18-19(14-7-5-4-6-8-14)24(11-12-28-2)22(27)21(18)26/h4-10,13,19,25H,3,11-12H2,1-2H3. The number of likely N-dealkylation sites (tertiary alicyclic amines) is 1. The topological polar surface area (TPSA) is 76.1 Å². The Kier molecular flexibility index (Phi) is 6.56. The molecule has 1 N–H and O–H groups in total. The van der Waals surface area contributed by atoms with Crippen molar-refractivity contribution in [3.63, 3.8) is 0 Å². The van der Waals surface area contributed by atoms with Gasteiger partial charge in [0.25, 0.3) is 11.7 Å². The molecule has 1 amide bonds. The molecule has 152 valence electrons. The molecule has 1 atom stereocenters. The van der Waals surface area contributed by atoms with Crippen molar-refractivity contribution < 1.29 is 24.2 Å². The maximum atomic E-state index is 12.8. The van der Waals surface area contributed by atoms with Gasteiger partial charge < -0.3 is 19.5 Å². The van der Waals surface area contributed by atoms with E-state index in [1.807, 2.05) is 37.3 Å². The molecule has 3 rings (SSSR count). The summed E-state index contributed by atoms with van der Waals surface area (Å²) in [4.78, 5) is 26.9. The number of benzene rings is 2. The number of carbonyl (C=O) groups excluding carboxylic acids is 2. The largest absolute Gasteiger partial charge is 0.507 e. The van der Waals surface area contributed by atoms with Crippen molar-refractivity contribution in [3.8, 4) is 5.75 Å². The third kappa shape index (κ3) is 4.13. The van der Waals surface area contributed by atoms with Gasteiger partial charge in [0.05, 0.1) is 29.9 Å². The molecule has 0 aromatic heterocycles. The molecular weight excluding hydrogens is 394 g/mol. The second-order valence-corrected chi connectivity index (χ2v) is 6.88. The van der Waals surface area contributed by atoms with Crippen molar-refractivity contribution in [2.45, 2.75) is 13.0 Å². The highest BCUT2D eigenvalue weighted by atomic mass is 35.5. The highest BCUT2D eigenvalue weighted by Gasteiger charge is 2.45. The summed E-state index contributed by atoms with van der Waals surface area (Å²) >= 11 is 6.24. The number of halogens is 1. The van der Waals surface area contributed by atoms with Gasteiger partial charge in [0.15, 0.2) is 0 Å². The van der Waals surface area contributed by atoms with E-state index in [1.165, 1.54) is 18.1 Å². The summed E-state index contributed by atoms with van der Waals surface area (Å²) in [6.45, 7) is 2.78. The third-order valence-corrected chi connectivity index (χ3v) is 4.99. The van der Waals surface area contributed by atoms with Crippen LogP contribution in [0.25, 0.3) is 5.76 Å². The number of Topliss-reactive ketones (excluding diaryl/α,β-unsaturated/α-hetero) is 1.